The SMILES string of the molecule is c1ccc(N=Nc2c(NNc3ccccc3)sc3nc4ccccc4n23)cc1. The van der Waals surface area contributed by atoms with Gasteiger partial charge in [0.1, 0.15) is 0 Å². The van der Waals surface area contributed by atoms with Crippen molar-refractivity contribution in [3.05, 3.63) is 84.9 Å². The van der Waals surface area contributed by atoms with Crippen molar-refractivity contribution >= 4 is 49.5 Å². The molecule has 2 aromatic heterocycles. The number of anilines is 2. The maximum Gasteiger partial charge on any atom is 0.198 e. The predicted octanol–water partition coefficient (Wildman–Crippen LogP) is 6.40. The molecule has 0 aliphatic rings. The lowest BCUT2D eigenvalue weighted by Crippen LogP contribution is -2.07. The standard InChI is InChI=1S/C21H16N6S/c1-3-9-15(10-4-1)23-25-19-20(26-24-16-11-5-2-6-12-16)28-21-22-17-13-7-8-14-18(17)27(19)21/h1-14,24,26H. The van der Waals surface area contributed by atoms with Gasteiger partial charge in [0.25, 0.3) is 0 Å². The van der Waals surface area contributed by atoms with Crippen LogP contribution in [0.5, 0.6) is 0 Å². The van der Waals surface area contributed by atoms with Gasteiger partial charge >= 0.3 is 0 Å². The number of hydrogen-bond acceptors (Lipinski definition) is 6. The van der Waals surface area contributed by atoms with Crippen LogP contribution in [-0.2, 0) is 0 Å². The van der Waals surface area contributed by atoms with Gasteiger partial charge in [-0.05, 0) is 36.4 Å². The molecule has 2 heterocycles. The largest absolute Gasteiger partial charge is 0.300 e. The number of hydrazine groups is 1. The molecule has 5 rings (SSSR count). The molecule has 0 aliphatic carbocycles. The summed E-state index contributed by atoms with van der Waals surface area (Å²) in [5.41, 5.74) is 10.2. The third-order valence-corrected chi connectivity index (χ3v) is 5.19. The first-order chi connectivity index (χ1) is 13.9. The highest BCUT2D eigenvalue weighted by Crippen LogP contribution is 2.38. The van der Waals surface area contributed by atoms with Gasteiger partial charge in [0, 0.05) is 0 Å². The Morgan fingerprint density at radius 1 is 0.750 bits per heavy atom. The topological polar surface area (TPSA) is 66.1 Å². The van der Waals surface area contributed by atoms with Crippen molar-refractivity contribution in [2.45, 2.75) is 0 Å². The smallest absolute Gasteiger partial charge is 0.198 e. The van der Waals surface area contributed by atoms with E-state index >= 15 is 0 Å². The molecule has 0 atom stereocenters. The third kappa shape index (κ3) is 3.08. The fourth-order valence-corrected chi connectivity index (χ4v) is 3.87. The Hall–Kier alpha value is -3.71. The summed E-state index contributed by atoms with van der Waals surface area (Å²) in [5, 5.41) is 9.82. The van der Waals surface area contributed by atoms with Crippen LogP contribution in [0.4, 0.5) is 22.2 Å². The Kier molecular flexibility index (Phi) is 4.19. The van der Waals surface area contributed by atoms with E-state index in [0.717, 1.165) is 32.4 Å². The molecule has 28 heavy (non-hydrogen) atoms. The van der Waals surface area contributed by atoms with Crippen LogP contribution < -0.4 is 10.9 Å². The van der Waals surface area contributed by atoms with E-state index in [2.05, 4.69) is 21.1 Å². The number of thiazole rings is 1. The zero-order valence-electron chi connectivity index (χ0n) is 14.8. The lowest BCUT2D eigenvalue weighted by atomic mass is 10.3. The minimum Gasteiger partial charge on any atom is -0.300 e. The number of para-hydroxylation sites is 3. The van der Waals surface area contributed by atoms with Crippen LogP contribution in [0.25, 0.3) is 16.0 Å². The zero-order chi connectivity index (χ0) is 18.8. The Labute approximate surface area is 165 Å². The molecule has 7 heteroatoms. The van der Waals surface area contributed by atoms with E-state index in [4.69, 9.17) is 4.98 Å². The van der Waals surface area contributed by atoms with Crippen LogP contribution in [0.2, 0.25) is 0 Å². The average molecular weight is 384 g/mol. The summed E-state index contributed by atoms with van der Waals surface area (Å²) in [7, 11) is 0. The lowest BCUT2D eigenvalue weighted by molar-refractivity contribution is 1.14. The van der Waals surface area contributed by atoms with Gasteiger partial charge in [-0.3, -0.25) is 9.83 Å². The van der Waals surface area contributed by atoms with Crippen LogP contribution in [0.15, 0.2) is 95.2 Å². The van der Waals surface area contributed by atoms with E-state index in [1.807, 2.05) is 89.3 Å². The molecule has 0 bridgehead atoms. The van der Waals surface area contributed by atoms with Crippen molar-refractivity contribution in [1.82, 2.24) is 9.38 Å². The van der Waals surface area contributed by atoms with Crippen molar-refractivity contribution in [1.29, 1.82) is 0 Å². The highest BCUT2D eigenvalue weighted by atomic mass is 32.1. The number of rotatable bonds is 5. The van der Waals surface area contributed by atoms with Gasteiger partial charge in [-0.15, -0.1) is 10.2 Å². The van der Waals surface area contributed by atoms with E-state index in [1.165, 1.54) is 11.3 Å². The maximum absolute atomic E-state index is 4.72. The highest BCUT2D eigenvalue weighted by molar-refractivity contribution is 7.21. The van der Waals surface area contributed by atoms with Gasteiger partial charge in [-0.1, -0.05) is 59.9 Å². The fourth-order valence-electron chi connectivity index (χ4n) is 2.94. The van der Waals surface area contributed by atoms with Gasteiger partial charge in [0.2, 0.25) is 0 Å². The van der Waals surface area contributed by atoms with Crippen molar-refractivity contribution < 1.29 is 0 Å². The van der Waals surface area contributed by atoms with Gasteiger partial charge in [0.15, 0.2) is 15.8 Å². The van der Waals surface area contributed by atoms with Crippen LogP contribution in [0, 0.1) is 0 Å². The normalized spacial score (nSPS) is 11.4. The van der Waals surface area contributed by atoms with Crippen LogP contribution in [0.3, 0.4) is 0 Å². The van der Waals surface area contributed by atoms with E-state index in [1.54, 1.807) is 0 Å². The summed E-state index contributed by atoms with van der Waals surface area (Å²) < 4.78 is 2.03. The monoisotopic (exact) mass is 384 g/mol. The Bertz CT molecular complexity index is 1260. The number of fused-ring (bicyclic) bond motifs is 3. The highest BCUT2D eigenvalue weighted by Gasteiger charge is 2.16. The molecule has 0 amide bonds. The second-order valence-electron chi connectivity index (χ2n) is 6.12. The zero-order valence-corrected chi connectivity index (χ0v) is 15.6. The number of nitrogens with one attached hydrogen (secondary N) is 2. The Balaban J connectivity index is 1.59. The Morgan fingerprint density at radius 3 is 2.29 bits per heavy atom. The molecule has 0 unspecified atom stereocenters. The molecule has 0 spiro atoms. The molecular weight excluding hydrogens is 368 g/mol. The first-order valence-electron chi connectivity index (χ1n) is 8.82. The predicted molar refractivity (Wildman–Crippen MR) is 115 cm³/mol. The molecule has 0 saturated heterocycles. The second kappa shape index (κ2) is 7.13. The summed E-state index contributed by atoms with van der Waals surface area (Å²) in [6.45, 7) is 0. The molecule has 5 aromatic rings. The van der Waals surface area contributed by atoms with Crippen LogP contribution >= 0.6 is 11.3 Å². The van der Waals surface area contributed by atoms with Crippen LogP contribution in [-0.4, -0.2) is 9.38 Å². The number of nitrogens with zero attached hydrogens (tertiary/aromatic N) is 4. The fraction of sp³-hybridized carbons (Fsp3) is 0. The Morgan fingerprint density at radius 2 is 1.46 bits per heavy atom. The van der Waals surface area contributed by atoms with Gasteiger partial charge in [0.05, 0.1) is 22.4 Å². The van der Waals surface area contributed by atoms with Gasteiger partial charge < -0.3 is 5.43 Å². The van der Waals surface area contributed by atoms with Crippen molar-refractivity contribution in [2.75, 3.05) is 10.9 Å². The number of aromatic nitrogens is 2. The minimum atomic E-state index is 0.709. The molecule has 136 valence electrons. The minimum absolute atomic E-state index is 0.709. The molecule has 2 N–H and O–H groups in total. The molecular formula is C21H16N6S. The summed E-state index contributed by atoms with van der Waals surface area (Å²) in [4.78, 5) is 5.58. The molecule has 6 nitrogen and oxygen atoms in total. The van der Waals surface area contributed by atoms with E-state index in [-0.39, 0.29) is 0 Å². The number of azo groups is 1. The summed E-state index contributed by atoms with van der Waals surface area (Å²) in [5.74, 6) is 0.709. The first-order valence-corrected chi connectivity index (χ1v) is 9.64. The number of benzene rings is 3. The average Bonchev–Trinajstić information content (AvgIpc) is 3.28. The summed E-state index contributed by atoms with van der Waals surface area (Å²) in [6, 6.07) is 27.7. The summed E-state index contributed by atoms with van der Waals surface area (Å²) in [6.07, 6.45) is 0. The van der Waals surface area contributed by atoms with Crippen molar-refractivity contribution in [2.24, 2.45) is 10.2 Å². The van der Waals surface area contributed by atoms with Gasteiger partial charge in [-0.2, -0.15) is 0 Å². The first kappa shape index (κ1) is 16.5. The summed E-state index contributed by atoms with van der Waals surface area (Å²) >= 11 is 1.53. The molecule has 0 fully saturated rings. The van der Waals surface area contributed by atoms with E-state index in [0.29, 0.717) is 5.82 Å². The third-order valence-electron chi connectivity index (χ3n) is 4.25. The molecule has 3 aromatic carbocycles. The molecule has 0 aliphatic heterocycles. The quantitative estimate of drug-likeness (QED) is 0.272. The van der Waals surface area contributed by atoms with E-state index < -0.39 is 0 Å². The van der Waals surface area contributed by atoms with E-state index in [9.17, 15) is 0 Å². The maximum atomic E-state index is 4.72. The number of hydrogen-bond donors (Lipinski definition) is 2. The molecule has 0 saturated carbocycles. The van der Waals surface area contributed by atoms with Crippen LogP contribution in [0.1, 0.15) is 0 Å². The second-order valence-corrected chi connectivity index (χ2v) is 7.10. The number of imidazole rings is 1. The lowest BCUT2D eigenvalue weighted by Gasteiger charge is -2.08. The van der Waals surface area contributed by atoms with Crippen molar-refractivity contribution in [3.63, 3.8) is 0 Å². The van der Waals surface area contributed by atoms with Gasteiger partial charge in [-0.25, -0.2) is 4.98 Å². The van der Waals surface area contributed by atoms with Crippen molar-refractivity contribution in [3.8, 4) is 0 Å². The molecule has 0 radical (unpaired) electrons.